The van der Waals surface area contributed by atoms with Gasteiger partial charge in [0.1, 0.15) is 17.3 Å². The van der Waals surface area contributed by atoms with Crippen molar-refractivity contribution in [2.75, 3.05) is 13.1 Å². The van der Waals surface area contributed by atoms with Gasteiger partial charge in [0.2, 0.25) is 5.91 Å². The second kappa shape index (κ2) is 13.8. The number of carbonyl (C=O) groups is 3. The van der Waals surface area contributed by atoms with E-state index in [0.29, 0.717) is 47.1 Å². The van der Waals surface area contributed by atoms with E-state index in [1.165, 1.54) is 9.91 Å². The average Bonchev–Trinajstić information content (AvgIpc) is 3.73. The van der Waals surface area contributed by atoms with E-state index in [9.17, 15) is 14.4 Å². The van der Waals surface area contributed by atoms with Crippen molar-refractivity contribution in [1.29, 1.82) is 0 Å². The minimum absolute atomic E-state index is 0.0764. The van der Waals surface area contributed by atoms with E-state index in [1.54, 1.807) is 49.8 Å². The first kappa shape index (κ1) is 33.4. The Morgan fingerprint density at radius 1 is 1.11 bits per heavy atom. The van der Waals surface area contributed by atoms with Crippen LogP contribution >= 0.6 is 23.2 Å². The predicted octanol–water partition coefficient (Wildman–Crippen LogP) is 6.04. The molecule has 1 saturated heterocycles. The maximum absolute atomic E-state index is 13.6. The summed E-state index contributed by atoms with van der Waals surface area (Å²) in [5.41, 5.74) is 3.34. The molecule has 5 rings (SSSR count). The molecule has 244 valence electrons. The highest BCUT2D eigenvalue weighted by Gasteiger charge is 2.43. The standard InChI is InChI=1S/C33H39Cl2N7O4/c1-6-26-24(31(44)42(38-26)17-21-11-8-7-10-20(21)2)14-15-36-30(43)28-16-22(18-40(28)32(45)46-33(3,4)5)41-19-27(37-39-41)23-12-9-13-25(34)29(23)35/h7-13,19,22,24,28H,6,14-18H2,1-5H3,(H,36,43)/t22?,24?,28-/m1/s1. The largest absolute Gasteiger partial charge is 0.444 e. The molecule has 0 radical (unpaired) electrons. The summed E-state index contributed by atoms with van der Waals surface area (Å²) in [6, 6.07) is 12.0. The van der Waals surface area contributed by atoms with Gasteiger partial charge in [-0.1, -0.05) is 71.7 Å². The predicted molar refractivity (Wildman–Crippen MR) is 176 cm³/mol. The van der Waals surface area contributed by atoms with Gasteiger partial charge in [-0.3, -0.25) is 14.5 Å². The summed E-state index contributed by atoms with van der Waals surface area (Å²) in [6.07, 6.45) is 2.47. The number of aryl methyl sites for hydroxylation is 1. The lowest BCUT2D eigenvalue weighted by molar-refractivity contribution is -0.132. The quantitative estimate of drug-likeness (QED) is 0.297. The highest BCUT2D eigenvalue weighted by molar-refractivity contribution is 6.43. The van der Waals surface area contributed by atoms with E-state index in [2.05, 4.69) is 20.7 Å². The Balaban J connectivity index is 1.26. The lowest BCUT2D eigenvalue weighted by atomic mass is 9.97. The lowest BCUT2D eigenvalue weighted by Gasteiger charge is -2.28. The first-order valence-electron chi connectivity index (χ1n) is 15.4. The molecule has 3 heterocycles. The lowest BCUT2D eigenvalue weighted by Crippen LogP contribution is -2.48. The number of likely N-dealkylation sites (tertiary alicyclic amines) is 1. The van der Waals surface area contributed by atoms with Crippen LogP contribution in [0, 0.1) is 12.8 Å². The average molecular weight is 669 g/mol. The van der Waals surface area contributed by atoms with Crippen molar-refractivity contribution >= 4 is 46.8 Å². The molecular weight excluding hydrogens is 629 g/mol. The second-order valence-electron chi connectivity index (χ2n) is 12.6. The number of halogens is 2. The van der Waals surface area contributed by atoms with Crippen molar-refractivity contribution in [3.05, 3.63) is 69.8 Å². The smallest absolute Gasteiger partial charge is 0.411 e. The summed E-state index contributed by atoms with van der Waals surface area (Å²) in [7, 11) is 0. The Morgan fingerprint density at radius 3 is 2.59 bits per heavy atom. The summed E-state index contributed by atoms with van der Waals surface area (Å²) in [4.78, 5) is 41.6. The summed E-state index contributed by atoms with van der Waals surface area (Å²) in [5, 5.41) is 18.4. The van der Waals surface area contributed by atoms with Crippen LogP contribution in [0.15, 0.2) is 53.8 Å². The third-order valence-corrected chi connectivity index (χ3v) is 9.02. The van der Waals surface area contributed by atoms with Gasteiger partial charge in [-0.05, 0) is 57.7 Å². The highest BCUT2D eigenvalue weighted by atomic mass is 35.5. The van der Waals surface area contributed by atoms with E-state index in [-0.39, 0.29) is 30.9 Å². The minimum Gasteiger partial charge on any atom is -0.444 e. The number of nitrogens with zero attached hydrogens (tertiary/aromatic N) is 6. The van der Waals surface area contributed by atoms with E-state index in [1.807, 2.05) is 38.1 Å². The number of hydrazone groups is 1. The second-order valence-corrected chi connectivity index (χ2v) is 13.4. The van der Waals surface area contributed by atoms with Crippen molar-refractivity contribution in [3.8, 4) is 11.3 Å². The number of nitrogens with one attached hydrogen (secondary N) is 1. The van der Waals surface area contributed by atoms with Crippen molar-refractivity contribution in [2.24, 2.45) is 11.0 Å². The molecule has 0 spiro atoms. The Morgan fingerprint density at radius 2 is 1.87 bits per heavy atom. The van der Waals surface area contributed by atoms with Crippen LogP contribution in [0.2, 0.25) is 10.0 Å². The molecule has 0 aliphatic carbocycles. The van der Waals surface area contributed by atoms with Crippen molar-refractivity contribution in [2.45, 2.75) is 78.1 Å². The third kappa shape index (κ3) is 7.36. The van der Waals surface area contributed by atoms with Gasteiger partial charge in [-0.25, -0.2) is 14.5 Å². The summed E-state index contributed by atoms with van der Waals surface area (Å²) < 4.78 is 7.29. The van der Waals surface area contributed by atoms with Crippen LogP contribution in [0.1, 0.15) is 64.1 Å². The SMILES string of the molecule is CCC1=NN(Cc2ccccc2C)C(=O)C1CCNC(=O)[C@H]1CC(n2cc(-c3cccc(Cl)c3Cl)nn2)CN1C(=O)OC(C)(C)C. The number of hydrogen-bond donors (Lipinski definition) is 1. The van der Waals surface area contributed by atoms with Gasteiger partial charge < -0.3 is 10.1 Å². The summed E-state index contributed by atoms with van der Waals surface area (Å²) in [6.45, 7) is 10.2. The van der Waals surface area contributed by atoms with Crippen LogP contribution in [0.4, 0.5) is 4.79 Å². The van der Waals surface area contributed by atoms with E-state index in [4.69, 9.17) is 27.9 Å². The fraction of sp³-hybridized carbons (Fsp3) is 0.455. The molecule has 3 atom stereocenters. The number of amides is 3. The van der Waals surface area contributed by atoms with Crippen molar-refractivity contribution in [3.63, 3.8) is 0 Å². The summed E-state index contributed by atoms with van der Waals surface area (Å²) >= 11 is 12.6. The Kier molecular flexibility index (Phi) is 10.0. The number of benzene rings is 2. The Hall–Kier alpha value is -3.96. The molecule has 1 fully saturated rings. The first-order chi connectivity index (χ1) is 21.9. The maximum atomic E-state index is 13.6. The molecule has 1 N–H and O–H groups in total. The van der Waals surface area contributed by atoms with Crippen LogP contribution in [0.25, 0.3) is 11.3 Å². The van der Waals surface area contributed by atoms with Gasteiger partial charge in [0, 0.05) is 25.1 Å². The minimum atomic E-state index is -0.807. The molecule has 2 aliphatic heterocycles. The van der Waals surface area contributed by atoms with Gasteiger partial charge in [0.05, 0.1) is 40.5 Å². The first-order valence-corrected chi connectivity index (χ1v) is 16.2. The van der Waals surface area contributed by atoms with Gasteiger partial charge in [0.15, 0.2) is 0 Å². The van der Waals surface area contributed by atoms with Crippen LogP contribution < -0.4 is 5.32 Å². The van der Waals surface area contributed by atoms with Crippen molar-refractivity contribution in [1.82, 2.24) is 30.2 Å². The maximum Gasteiger partial charge on any atom is 0.411 e. The van der Waals surface area contributed by atoms with Gasteiger partial charge in [-0.15, -0.1) is 5.10 Å². The molecule has 0 saturated carbocycles. The van der Waals surface area contributed by atoms with Gasteiger partial charge >= 0.3 is 6.09 Å². The molecule has 46 heavy (non-hydrogen) atoms. The Bertz CT molecular complexity index is 1650. The number of aromatic nitrogens is 3. The zero-order valence-corrected chi connectivity index (χ0v) is 28.2. The molecule has 2 aromatic carbocycles. The molecule has 2 unspecified atom stereocenters. The zero-order chi connectivity index (χ0) is 33.2. The molecule has 1 aromatic heterocycles. The monoisotopic (exact) mass is 667 g/mol. The van der Waals surface area contributed by atoms with E-state index < -0.39 is 23.7 Å². The van der Waals surface area contributed by atoms with E-state index in [0.717, 1.165) is 16.8 Å². The van der Waals surface area contributed by atoms with Crippen LogP contribution in [-0.2, 0) is 20.9 Å². The zero-order valence-electron chi connectivity index (χ0n) is 26.7. The van der Waals surface area contributed by atoms with Crippen LogP contribution in [-0.4, -0.2) is 73.3 Å². The topological polar surface area (TPSA) is 122 Å². The van der Waals surface area contributed by atoms with Crippen LogP contribution in [0.3, 0.4) is 0 Å². The number of hydrogen-bond acceptors (Lipinski definition) is 7. The molecule has 3 amide bonds. The van der Waals surface area contributed by atoms with Gasteiger partial charge in [0.25, 0.3) is 5.91 Å². The third-order valence-electron chi connectivity index (χ3n) is 8.20. The molecular formula is C33H39Cl2N7O4. The molecule has 13 heteroatoms. The normalized spacial score (nSPS) is 19.8. The number of rotatable bonds is 9. The molecule has 0 bridgehead atoms. The molecule has 11 nitrogen and oxygen atoms in total. The fourth-order valence-electron chi connectivity index (χ4n) is 5.78. The molecule has 3 aromatic rings. The summed E-state index contributed by atoms with van der Waals surface area (Å²) in [5.74, 6) is -0.823. The van der Waals surface area contributed by atoms with E-state index >= 15 is 0 Å². The van der Waals surface area contributed by atoms with Crippen molar-refractivity contribution < 1.29 is 19.1 Å². The van der Waals surface area contributed by atoms with Gasteiger partial charge in [-0.2, -0.15) is 5.10 Å². The molecule has 2 aliphatic rings. The Labute approximate surface area is 278 Å². The highest BCUT2D eigenvalue weighted by Crippen LogP contribution is 2.34. The van der Waals surface area contributed by atoms with Crippen LogP contribution in [0.5, 0.6) is 0 Å². The fourth-order valence-corrected chi connectivity index (χ4v) is 6.18. The number of carbonyl (C=O) groups excluding carboxylic acids is 3. The number of ether oxygens (including phenoxy) is 1.